The van der Waals surface area contributed by atoms with Gasteiger partial charge in [-0.15, -0.1) is 0 Å². The molecule has 0 aromatic heterocycles. The van der Waals surface area contributed by atoms with Crippen LogP contribution in [0.5, 0.6) is 0 Å². The zero-order chi connectivity index (χ0) is 19.1. The highest BCUT2D eigenvalue weighted by Crippen LogP contribution is 2.19. The Morgan fingerprint density at radius 1 is 0.963 bits per heavy atom. The minimum absolute atomic E-state index is 0.185. The van der Waals surface area contributed by atoms with Crippen LogP contribution in [0, 0.1) is 0 Å². The number of anilines is 1. The molecule has 0 radical (unpaired) electrons. The Kier molecular flexibility index (Phi) is 6.00. The maximum atomic E-state index is 12.3. The topological polar surface area (TPSA) is 53.5 Å². The predicted octanol–water partition coefficient (Wildman–Crippen LogP) is 4.85. The number of rotatable bonds is 6. The summed E-state index contributed by atoms with van der Waals surface area (Å²) in [6.07, 6.45) is 3.83. The third-order valence-electron chi connectivity index (χ3n) is 4.18. The van der Waals surface area contributed by atoms with Gasteiger partial charge >= 0.3 is 0 Å². The summed E-state index contributed by atoms with van der Waals surface area (Å²) in [4.78, 5) is 12.3. The quantitative estimate of drug-likeness (QED) is 0.490. The van der Waals surface area contributed by atoms with Crippen molar-refractivity contribution in [2.45, 2.75) is 19.9 Å². The van der Waals surface area contributed by atoms with Gasteiger partial charge in [-0.05, 0) is 48.4 Å². The van der Waals surface area contributed by atoms with Crippen LogP contribution in [0.25, 0.3) is 16.8 Å². The largest absolute Gasteiger partial charge is 0.374 e. The van der Waals surface area contributed by atoms with Gasteiger partial charge in [0.2, 0.25) is 0 Å². The maximum absolute atomic E-state index is 12.3. The molecule has 0 aliphatic heterocycles. The molecule has 3 aromatic rings. The number of hydrogen-bond donors (Lipinski definition) is 2. The molecule has 1 amide bonds. The van der Waals surface area contributed by atoms with E-state index in [4.69, 9.17) is 0 Å². The van der Waals surface area contributed by atoms with Crippen LogP contribution in [0.15, 0.2) is 84.0 Å². The van der Waals surface area contributed by atoms with Gasteiger partial charge in [0.25, 0.3) is 5.91 Å². The summed E-state index contributed by atoms with van der Waals surface area (Å²) in [5.41, 5.74) is 5.33. The molecule has 3 aromatic carbocycles. The van der Waals surface area contributed by atoms with E-state index in [9.17, 15) is 4.79 Å². The molecule has 0 saturated carbocycles. The van der Waals surface area contributed by atoms with E-state index in [2.05, 4.69) is 28.0 Å². The number of benzene rings is 3. The van der Waals surface area contributed by atoms with Crippen molar-refractivity contribution in [3.63, 3.8) is 0 Å². The number of allylic oxidation sites excluding steroid dienone is 1. The second-order valence-electron chi connectivity index (χ2n) is 6.40. The summed E-state index contributed by atoms with van der Waals surface area (Å²) in [5.74, 6) is -0.185. The fourth-order valence-corrected chi connectivity index (χ4v) is 2.65. The van der Waals surface area contributed by atoms with E-state index in [1.165, 1.54) is 5.39 Å². The smallest absolute Gasteiger partial charge is 0.262 e. The highest BCUT2D eigenvalue weighted by Gasteiger charge is 2.12. The molecule has 2 N–H and O–H groups in total. The van der Waals surface area contributed by atoms with Crippen LogP contribution >= 0.6 is 0 Å². The molecule has 0 unspecified atom stereocenters. The van der Waals surface area contributed by atoms with Crippen LogP contribution in [-0.2, 0) is 4.79 Å². The third kappa shape index (κ3) is 5.28. The Hall–Kier alpha value is -3.40. The Bertz CT molecular complexity index is 977. The molecule has 4 heteroatoms. The first-order valence-electron chi connectivity index (χ1n) is 8.94. The molecular formula is C23H23N3O. The molecular weight excluding hydrogens is 334 g/mol. The lowest BCUT2D eigenvalue weighted by atomic mass is 10.1. The SMILES string of the molecule is CC(/C=C/c1ccccc1)=N/NC(=O)[C@@H](C)Nc1ccc2ccccc2c1. The second kappa shape index (κ2) is 8.81. The molecule has 3 rings (SSSR count). The lowest BCUT2D eigenvalue weighted by molar-refractivity contribution is -0.121. The van der Waals surface area contributed by atoms with E-state index in [0.717, 1.165) is 22.3 Å². The van der Waals surface area contributed by atoms with Gasteiger partial charge in [-0.25, -0.2) is 5.43 Å². The van der Waals surface area contributed by atoms with Gasteiger partial charge in [0.15, 0.2) is 0 Å². The number of carbonyl (C=O) groups excluding carboxylic acids is 1. The maximum Gasteiger partial charge on any atom is 0.262 e. The van der Waals surface area contributed by atoms with Crippen molar-refractivity contribution in [2.24, 2.45) is 5.10 Å². The van der Waals surface area contributed by atoms with Crippen LogP contribution in [0.2, 0.25) is 0 Å². The number of amides is 1. The van der Waals surface area contributed by atoms with Gasteiger partial charge in [-0.1, -0.05) is 66.7 Å². The van der Waals surface area contributed by atoms with Gasteiger partial charge in [0.05, 0.1) is 5.71 Å². The first-order chi connectivity index (χ1) is 13.1. The first kappa shape index (κ1) is 18.4. The molecule has 27 heavy (non-hydrogen) atoms. The van der Waals surface area contributed by atoms with E-state index in [0.29, 0.717) is 0 Å². The molecule has 0 spiro atoms. The van der Waals surface area contributed by atoms with Crippen LogP contribution < -0.4 is 10.7 Å². The van der Waals surface area contributed by atoms with Gasteiger partial charge in [0, 0.05) is 5.69 Å². The Balaban J connectivity index is 1.57. The molecule has 0 heterocycles. The normalized spacial score (nSPS) is 12.9. The summed E-state index contributed by atoms with van der Waals surface area (Å²) in [5, 5.41) is 9.66. The summed E-state index contributed by atoms with van der Waals surface area (Å²) in [6, 6.07) is 23.7. The molecule has 0 saturated heterocycles. The molecule has 136 valence electrons. The molecule has 0 bridgehead atoms. The van der Waals surface area contributed by atoms with Crippen molar-refractivity contribution in [3.8, 4) is 0 Å². The lowest BCUT2D eigenvalue weighted by Crippen LogP contribution is -2.35. The minimum atomic E-state index is -0.402. The number of carbonyl (C=O) groups is 1. The molecule has 1 atom stereocenters. The Labute approximate surface area is 159 Å². The second-order valence-corrected chi connectivity index (χ2v) is 6.40. The molecule has 4 nitrogen and oxygen atoms in total. The van der Waals surface area contributed by atoms with Crippen LogP contribution in [0.3, 0.4) is 0 Å². The van der Waals surface area contributed by atoms with Gasteiger partial charge in [-0.3, -0.25) is 4.79 Å². The van der Waals surface area contributed by atoms with Crippen molar-refractivity contribution < 1.29 is 4.79 Å². The van der Waals surface area contributed by atoms with Gasteiger partial charge in [-0.2, -0.15) is 5.10 Å². The highest BCUT2D eigenvalue weighted by atomic mass is 16.2. The van der Waals surface area contributed by atoms with Gasteiger partial charge < -0.3 is 5.32 Å². The monoisotopic (exact) mass is 357 g/mol. The van der Waals surface area contributed by atoms with E-state index in [-0.39, 0.29) is 5.91 Å². The Morgan fingerprint density at radius 3 is 2.44 bits per heavy atom. The number of fused-ring (bicyclic) bond motifs is 1. The number of nitrogens with one attached hydrogen (secondary N) is 2. The van der Waals surface area contributed by atoms with E-state index in [1.54, 1.807) is 0 Å². The lowest BCUT2D eigenvalue weighted by Gasteiger charge is -2.14. The van der Waals surface area contributed by atoms with Crippen molar-refractivity contribution in [1.29, 1.82) is 0 Å². The molecule has 0 aliphatic carbocycles. The van der Waals surface area contributed by atoms with Gasteiger partial charge in [0.1, 0.15) is 6.04 Å². The average Bonchev–Trinajstić information content (AvgIpc) is 2.71. The average molecular weight is 357 g/mol. The van der Waals surface area contributed by atoms with Crippen molar-refractivity contribution >= 4 is 34.2 Å². The summed E-state index contributed by atoms with van der Waals surface area (Å²) >= 11 is 0. The summed E-state index contributed by atoms with van der Waals surface area (Å²) < 4.78 is 0. The molecule has 0 aliphatic rings. The van der Waals surface area contributed by atoms with E-state index >= 15 is 0 Å². The zero-order valence-corrected chi connectivity index (χ0v) is 15.5. The fourth-order valence-electron chi connectivity index (χ4n) is 2.65. The number of hydrogen-bond acceptors (Lipinski definition) is 3. The van der Waals surface area contributed by atoms with Crippen molar-refractivity contribution in [3.05, 3.63) is 84.4 Å². The number of nitrogens with zero attached hydrogens (tertiary/aromatic N) is 1. The minimum Gasteiger partial charge on any atom is -0.374 e. The summed E-state index contributed by atoms with van der Waals surface area (Å²) in [7, 11) is 0. The van der Waals surface area contributed by atoms with E-state index in [1.807, 2.05) is 86.7 Å². The highest BCUT2D eigenvalue weighted by molar-refractivity contribution is 5.97. The molecule has 0 fully saturated rings. The summed E-state index contributed by atoms with van der Waals surface area (Å²) in [6.45, 7) is 3.66. The zero-order valence-electron chi connectivity index (χ0n) is 15.5. The third-order valence-corrected chi connectivity index (χ3v) is 4.18. The predicted molar refractivity (Wildman–Crippen MR) is 114 cm³/mol. The fraction of sp³-hybridized carbons (Fsp3) is 0.130. The van der Waals surface area contributed by atoms with Crippen molar-refractivity contribution in [1.82, 2.24) is 5.43 Å². The standard InChI is InChI=1S/C23H23N3O/c1-17(12-13-19-8-4-3-5-9-19)25-26-23(27)18(2)24-22-15-14-20-10-6-7-11-21(20)16-22/h3-16,18,24H,1-2H3,(H,26,27)/b13-12+,25-17-/t18-/m1/s1. The number of hydrazone groups is 1. The first-order valence-corrected chi connectivity index (χ1v) is 8.94. The van der Waals surface area contributed by atoms with E-state index < -0.39 is 6.04 Å². The Morgan fingerprint density at radius 2 is 1.67 bits per heavy atom. The van der Waals surface area contributed by atoms with Crippen LogP contribution in [0.1, 0.15) is 19.4 Å². The van der Waals surface area contributed by atoms with Crippen LogP contribution in [-0.4, -0.2) is 17.7 Å². The van der Waals surface area contributed by atoms with Crippen molar-refractivity contribution in [2.75, 3.05) is 5.32 Å². The van der Waals surface area contributed by atoms with Crippen LogP contribution in [0.4, 0.5) is 5.69 Å².